The van der Waals surface area contributed by atoms with Gasteiger partial charge in [0.1, 0.15) is 0 Å². The molecule has 0 saturated carbocycles. The van der Waals surface area contributed by atoms with Crippen LogP contribution in [0.5, 0.6) is 0 Å². The standard InChI is InChI=1S/C12H23NO2S/c1-3-12(4-2,11(14)15)9-13-7-10-5-6-16-8-10/h10,13H,3-9H2,1-2H3,(H,14,15). The zero-order valence-electron chi connectivity index (χ0n) is 10.3. The van der Waals surface area contributed by atoms with Gasteiger partial charge in [0, 0.05) is 6.54 Å². The third kappa shape index (κ3) is 3.39. The number of hydrogen-bond acceptors (Lipinski definition) is 3. The number of rotatable bonds is 7. The molecule has 16 heavy (non-hydrogen) atoms. The maximum atomic E-state index is 11.3. The second-order valence-electron chi connectivity index (χ2n) is 4.65. The quantitative estimate of drug-likeness (QED) is 0.722. The minimum atomic E-state index is -0.661. The average Bonchev–Trinajstić information content (AvgIpc) is 2.77. The van der Waals surface area contributed by atoms with Crippen molar-refractivity contribution in [2.75, 3.05) is 24.6 Å². The number of nitrogens with one attached hydrogen (secondary N) is 1. The van der Waals surface area contributed by atoms with E-state index < -0.39 is 11.4 Å². The molecule has 0 aromatic rings. The van der Waals surface area contributed by atoms with Crippen molar-refractivity contribution in [2.24, 2.45) is 11.3 Å². The Bertz CT molecular complexity index is 223. The van der Waals surface area contributed by atoms with Gasteiger partial charge in [-0.2, -0.15) is 11.8 Å². The summed E-state index contributed by atoms with van der Waals surface area (Å²) in [4.78, 5) is 11.3. The van der Waals surface area contributed by atoms with E-state index in [-0.39, 0.29) is 0 Å². The summed E-state index contributed by atoms with van der Waals surface area (Å²) in [5.74, 6) is 2.57. The lowest BCUT2D eigenvalue weighted by Gasteiger charge is -2.27. The van der Waals surface area contributed by atoms with Crippen molar-refractivity contribution in [3.63, 3.8) is 0 Å². The van der Waals surface area contributed by atoms with Crippen molar-refractivity contribution in [3.8, 4) is 0 Å². The monoisotopic (exact) mass is 245 g/mol. The van der Waals surface area contributed by atoms with E-state index >= 15 is 0 Å². The van der Waals surface area contributed by atoms with Gasteiger partial charge in [-0.25, -0.2) is 0 Å². The predicted molar refractivity (Wildman–Crippen MR) is 69.0 cm³/mol. The van der Waals surface area contributed by atoms with Crippen LogP contribution in [0.1, 0.15) is 33.1 Å². The molecule has 1 saturated heterocycles. The van der Waals surface area contributed by atoms with Crippen molar-refractivity contribution in [2.45, 2.75) is 33.1 Å². The molecule has 2 N–H and O–H groups in total. The SMILES string of the molecule is CCC(CC)(CNCC1CCSC1)C(=O)O. The van der Waals surface area contributed by atoms with Gasteiger partial charge in [0.15, 0.2) is 0 Å². The van der Waals surface area contributed by atoms with Crippen molar-refractivity contribution < 1.29 is 9.90 Å². The summed E-state index contributed by atoms with van der Waals surface area (Å²) in [6.45, 7) is 5.51. The number of carboxylic acids is 1. The number of carbonyl (C=O) groups is 1. The summed E-state index contributed by atoms with van der Waals surface area (Å²) in [5.41, 5.74) is -0.564. The molecule has 1 rings (SSSR count). The van der Waals surface area contributed by atoms with Gasteiger partial charge in [0.05, 0.1) is 5.41 Å². The van der Waals surface area contributed by atoms with Crippen molar-refractivity contribution in [3.05, 3.63) is 0 Å². The van der Waals surface area contributed by atoms with Crippen molar-refractivity contribution in [1.29, 1.82) is 0 Å². The minimum absolute atomic E-state index is 0.564. The van der Waals surface area contributed by atoms with E-state index in [1.807, 2.05) is 25.6 Å². The zero-order chi connectivity index (χ0) is 12.0. The van der Waals surface area contributed by atoms with Crippen LogP contribution in [0.15, 0.2) is 0 Å². The first-order valence-corrected chi connectivity index (χ1v) is 7.32. The highest BCUT2D eigenvalue weighted by Gasteiger charge is 2.34. The maximum Gasteiger partial charge on any atom is 0.310 e. The van der Waals surface area contributed by atoms with E-state index in [0.29, 0.717) is 19.4 Å². The molecule has 1 fully saturated rings. The smallest absolute Gasteiger partial charge is 0.310 e. The normalized spacial score (nSPS) is 21.2. The Balaban J connectivity index is 2.34. The average molecular weight is 245 g/mol. The summed E-state index contributed by atoms with van der Waals surface area (Å²) in [6.07, 6.45) is 2.67. The fourth-order valence-corrected chi connectivity index (χ4v) is 3.42. The molecule has 1 aliphatic heterocycles. The van der Waals surface area contributed by atoms with Gasteiger partial charge in [-0.1, -0.05) is 13.8 Å². The fourth-order valence-electron chi connectivity index (χ4n) is 2.14. The Kier molecular flexibility index (Phi) is 5.62. The van der Waals surface area contributed by atoms with E-state index in [1.165, 1.54) is 17.9 Å². The van der Waals surface area contributed by atoms with Gasteiger partial charge in [-0.3, -0.25) is 4.79 Å². The van der Waals surface area contributed by atoms with Gasteiger partial charge in [0.25, 0.3) is 0 Å². The molecule has 1 atom stereocenters. The van der Waals surface area contributed by atoms with Gasteiger partial charge in [0.2, 0.25) is 0 Å². The van der Waals surface area contributed by atoms with Crippen LogP contribution in [0, 0.1) is 11.3 Å². The molecule has 94 valence electrons. The Morgan fingerprint density at radius 1 is 1.50 bits per heavy atom. The van der Waals surface area contributed by atoms with Gasteiger partial charge < -0.3 is 10.4 Å². The summed E-state index contributed by atoms with van der Waals surface area (Å²) in [6, 6.07) is 0. The van der Waals surface area contributed by atoms with Crippen LogP contribution in [0.2, 0.25) is 0 Å². The molecule has 0 spiro atoms. The van der Waals surface area contributed by atoms with E-state index in [0.717, 1.165) is 12.5 Å². The minimum Gasteiger partial charge on any atom is -0.481 e. The molecule has 3 nitrogen and oxygen atoms in total. The van der Waals surface area contributed by atoms with Gasteiger partial charge >= 0.3 is 5.97 Å². The van der Waals surface area contributed by atoms with E-state index in [2.05, 4.69) is 5.32 Å². The van der Waals surface area contributed by atoms with E-state index in [4.69, 9.17) is 0 Å². The Hall–Kier alpha value is -0.220. The summed E-state index contributed by atoms with van der Waals surface area (Å²) in [7, 11) is 0. The molecule has 0 aliphatic carbocycles. The van der Waals surface area contributed by atoms with Gasteiger partial charge in [-0.05, 0) is 43.2 Å². The Labute approximate surface area is 102 Å². The molecule has 4 heteroatoms. The number of hydrogen-bond donors (Lipinski definition) is 2. The second kappa shape index (κ2) is 6.50. The molecule has 0 amide bonds. The highest BCUT2D eigenvalue weighted by molar-refractivity contribution is 7.99. The van der Waals surface area contributed by atoms with Crippen molar-refractivity contribution in [1.82, 2.24) is 5.32 Å². The highest BCUT2D eigenvalue weighted by atomic mass is 32.2. The lowest BCUT2D eigenvalue weighted by Crippen LogP contribution is -2.41. The van der Waals surface area contributed by atoms with Crippen LogP contribution in [0.4, 0.5) is 0 Å². The highest BCUT2D eigenvalue weighted by Crippen LogP contribution is 2.26. The Morgan fingerprint density at radius 3 is 2.62 bits per heavy atom. The third-order valence-electron chi connectivity index (χ3n) is 3.73. The fraction of sp³-hybridized carbons (Fsp3) is 0.917. The second-order valence-corrected chi connectivity index (χ2v) is 5.80. The first kappa shape index (κ1) is 13.8. The first-order chi connectivity index (χ1) is 7.64. The third-order valence-corrected chi connectivity index (χ3v) is 4.96. The van der Waals surface area contributed by atoms with Crippen LogP contribution in [0.25, 0.3) is 0 Å². The van der Waals surface area contributed by atoms with Crippen LogP contribution < -0.4 is 5.32 Å². The van der Waals surface area contributed by atoms with Crippen LogP contribution in [0.3, 0.4) is 0 Å². The molecular formula is C12H23NO2S. The molecule has 0 aromatic carbocycles. The summed E-state index contributed by atoms with van der Waals surface area (Å²) >= 11 is 2.00. The van der Waals surface area contributed by atoms with Crippen LogP contribution in [-0.2, 0) is 4.79 Å². The molecule has 0 bridgehead atoms. The lowest BCUT2D eigenvalue weighted by atomic mass is 9.82. The largest absolute Gasteiger partial charge is 0.481 e. The molecule has 1 heterocycles. The maximum absolute atomic E-state index is 11.3. The molecule has 0 radical (unpaired) electrons. The van der Waals surface area contributed by atoms with Crippen LogP contribution in [-0.4, -0.2) is 35.7 Å². The van der Waals surface area contributed by atoms with Gasteiger partial charge in [-0.15, -0.1) is 0 Å². The zero-order valence-corrected chi connectivity index (χ0v) is 11.1. The predicted octanol–water partition coefficient (Wildman–Crippen LogP) is 2.22. The Morgan fingerprint density at radius 2 is 2.19 bits per heavy atom. The molecular weight excluding hydrogens is 222 g/mol. The number of aliphatic carboxylic acids is 1. The van der Waals surface area contributed by atoms with Crippen molar-refractivity contribution >= 4 is 17.7 Å². The lowest BCUT2D eigenvalue weighted by molar-refractivity contribution is -0.149. The van der Waals surface area contributed by atoms with E-state index in [1.54, 1.807) is 0 Å². The first-order valence-electron chi connectivity index (χ1n) is 6.16. The summed E-state index contributed by atoms with van der Waals surface area (Å²) in [5, 5.41) is 12.6. The molecule has 0 aromatic heterocycles. The molecule has 1 unspecified atom stereocenters. The number of carboxylic acid groups (broad SMARTS) is 1. The summed E-state index contributed by atoms with van der Waals surface area (Å²) < 4.78 is 0. The number of thioether (sulfide) groups is 1. The van der Waals surface area contributed by atoms with Crippen LogP contribution >= 0.6 is 11.8 Å². The van der Waals surface area contributed by atoms with E-state index in [9.17, 15) is 9.90 Å². The topological polar surface area (TPSA) is 49.3 Å². The molecule has 1 aliphatic rings.